The minimum atomic E-state index is -4.11. The number of nitrogens with zero attached hydrogens (tertiary/aromatic N) is 2. The molecule has 7 nitrogen and oxygen atoms in total. The second-order valence-electron chi connectivity index (χ2n) is 9.65. The summed E-state index contributed by atoms with van der Waals surface area (Å²) in [5.74, 6) is -0.851. The number of halogens is 1. The number of carbonyl (C=O) groups excluding carboxylic acids is 2. The Morgan fingerprint density at radius 2 is 1.56 bits per heavy atom. The fourth-order valence-electron chi connectivity index (χ4n) is 4.10. The largest absolute Gasteiger partial charge is 0.352 e. The third-order valence-electron chi connectivity index (χ3n) is 6.92. The molecule has 0 saturated carbocycles. The van der Waals surface area contributed by atoms with Crippen LogP contribution >= 0.6 is 11.6 Å². The van der Waals surface area contributed by atoms with E-state index in [1.165, 1.54) is 17.0 Å². The fraction of sp³-hybridized carbons (Fsp3) is 0.333. The second kappa shape index (κ2) is 13.1. The normalized spacial score (nSPS) is 12.9. The monoisotopic (exact) mass is 569 g/mol. The van der Waals surface area contributed by atoms with Crippen molar-refractivity contribution in [1.29, 1.82) is 0 Å². The fourth-order valence-corrected chi connectivity index (χ4v) is 5.79. The number of rotatable bonds is 11. The van der Waals surface area contributed by atoms with Gasteiger partial charge in [-0.1, -0.05) is 67.1 Å². The SMILES string of the molecule is CC[C@H](C)NC(=O)[C@@H](C)N(Cc1ccccc1Cl)C(=O)CN(c1cccc(C)c1C)S(=O)(=O)c1ccccc1. The molecule has 3 aromatic carbocycles. The highest BCUT2D eigenvalue weighted by Crippen LogP contribution is 2.29. The number of benzene rings is 3. The molecule has 9 heteroatoms. The molecule has 0 fully saturated rings. The summed E-state index contributed by atoms with van der Waals surface area (Å²) >= 11 is 6.41. The van der Waals surface area contributed by atoms with Crippen molar-refractivity contribution >= 4 is 39.1 Å². The molecule has 0 aliphatic heterocycles. The third kappa shape index (κ3) is 7.19. The van der Waals surface area contributed by atoms with Crippen LogP contribution in [0, 0.1) is 13.8 Å². The number of carbonyl (C=O) groups is 2. The number of hydrogen-bond acceptors (Lipinski definition) is 4. The van der Waals surface area contributed by atoms with Gasteiger partial charge in [0.2, 0.25) is 11.8 Å². The predicted octanol–water partition coefficient (Wildman–Crippen LogP) is 5.48. The molecule has 39 heavy (non-hydrogen) atoms. The van der Waals surface area contributed by atoms with Crippen LogP contribution < -0.4 is 9.62 Å². The summed E-state index contributed by atoms with van der Waals surface area (Å²) in [6, 6.07) is 19.5. The van der Waals surface area contributed by atoms with Gasteiger partial charge in [0, 0.05) is 17.6 Å². The molecular formula is C30H36ClN3O4S. The van der Waals surface area contributed by atoms with Crippen molar-refractivity contribution in [3.63, 3.8) is 0 Å². The summed E-state index contributed by atoms with van der Waals surface area (Å²) < 4.78 is 29.0. The summed E-state index contributed by atoms with van der Waals surface area (Å²) in [6.07, 6.45) is 0.729. The van der Waals surface area contributed by atoms with Crippen LogP contribution in [0.5, 0.6) is 0 Å². The van der Waals surface area contributed by atoms with Gasteiger partial charge in [0.1, 0.15) is 12.6 Å². The first-order valence-electron chi connectivity index (χ1n) is 12.9. The number of hydrogen-bond donors (Lipinski definition) is 1. The van der Waals surface area contributed by atoms with Crippen molar-refractivity contribution in [2.45, 2.75) is 64.6 Å². The Kier molecular flexibility index (Phi) is 10.2. The number of amides is 2. The lowest BCUT2D eigenvalue weighted by molar-refractivity contribution is -0.139. The average Bonchev–Trinajstić information content (AvgIpc) is 2.92. The maximum atomic E-state index is 14.0. The van der Waals surface area contributed by atoms with Crippen LogP contribution in [0.4, 0.5) is 5.69 Å². The van der Waals surface area contributed by atoms with Crippen molar-refractivity contribution in [2.75, 3.05) is 10.8 Å². The van der Waals surface area contributed by atoms with Gasteiger partial charge in [-0.3, -0.25) is 13.9 Å². The van der Waals surface area contributed by atoms with Gasteiger partial charge in [-0.05, 0) is 75.1 Å². The maximum Gasteiger partial charge on any atom is 0.264 e. The third-order valence-corrected chi connectivity index (χ3v) is 9.06. The summed E-state index contributed by atoms with van der Waals surface area (Å²) in [4.78, 5) is 28.6. The van der Waals surface area contributed by atoms with E-state index >= 15 is 0 Å². The highest BCUT2D eigenvalue weighted by Gasteiger charge is 2.33. The van der Waals surface area contributed by atoms with Crippen LogP contribution in [0.15, 0.2) is 77.7 Å². The van der Waals surface area contributed by atoms with E-state index in [1.54, 1.807) is 61.5 Å². The van der Waals surface area contributed by atoms with E-state index in [4.69, 9.17) is 11.6 Å². The number of anilines is 1. The minimum absolute atomic E-state index is 0.0413. The molecule has 0 aliphatic rings. The molecule has 2 amide bonds. The lowest BCUT2D eigenvalue weighted by atomic mass is 10.1. The first-order chi connectivity index (χ1) is 18.5. The molecule has 0 unspecified atom stereocenters. The summed E-state index contributed by atoms with van der Waals surface area (Å²) in [5, 5.41) is 3.38. The van der Waals surface area contributed by atoms with Crippen LogP contribution in [-0.2, 0) is 26.2 Å². The predicted molar refractivity (Wildman–Crippen MR) is 156 cm³/mol. The van der Waals surface area contributed by atoms with E-state index in [-0.39, 0.29) is 23.4 Å². The van der Waals surface area contributed by atoms with Gasteiger partial charge in [0.15, 0.2) is 0 Å². The van der Waals surface area contributed by atoms with Crippen molar-refractivity contribution in [2.24, 2.45) is 0 Å². The molecule has 1 N–H and O–H groups in total. The quantitative estimate of drug-likeness (QED) is 0.331. The first-order valence-corrected chi connectivity index (χ1v) is 14.8. The Bertz CT molecular complexity index is 1410. The number of aryl methyl sites for hydroxylation is 1. The molecule has 0 aromatic heterocycles. The highest BCUT2D eigenvalue weighted by atomic mass is 35.5. The van der Waals surface area contributed by atoms with Gasteiger partial charge in [-0.15, -0.1) is 0 Å². The zero-order chi connectivity index (χ0) is 28.7. The summed E-state index contributed by atoms with van der Waals surface area (Å²) in [5.41, 5.74) is 2.69. The van der Waals surface area contributed by atoms with E-state index in [0.717, 1.165) is 21.9 Å². The summed E-state index contributed by atoms with van der Waals surface area (Å²) in [7, 11) is -4.11. The first kappa shape index (κ1) is 30.2. The highest BCUT2D eigenvalue weighted by molar-refractivity contribution is 7.92. The lowest BCUT2D eigenvalue weighted by Gasteiger charge is -2.33. The van der Waals surface area contributed by atoms with Gasteiger partial charge in [0.25, 0.3) is 10.0 Å². The van der Waals surface area contributed by atoms with Gasteiger partial charge in [-0.2, -0.15) is 0 Å². The Balaban J connectivity index is 2.07. The number of nitrogens with one attached hydrogen (secondary N) is 1. The number of sulfonamides is 1. The molecule has 0 heterocycles. The van der Waals surface area contributed by atoms with E-state index in [0.29, 0.717) is 16.3 Å². The van der Waals surface area contributed by atoms with E-state index in [1.807, 2.05) is 33.8 Å². The van der Waals surface area contributed by atoms with Crippen molar-refractivity contribution in [3.8, 4) is 0 Å². The zero-order valence-corrected chi connectivity index (χ0v) is 24.6. The van der Waals surface area contributed by atoms with Crippen LogP contribution in [0.1, 0.15) is 43.9 Å². The van der Waals surface area contributed by atoms with Crippen molar-refractivity contribution in [3.05, 3.63) is 94.5 Å². The van der Waals surface area contributed by atoms with Crippen LogP contribution in [0.3, 0.4) is 0 Å². The Morgan fingerprint density at radius 3 is 2.21 bits per heavy atom. The molecule has 0 aliphatic carbocycles. The van der Waals surface area contributed by atoms with Crippen molar-refractivity contribution < 1.29 is 18.0 Å². The smallest absolute Gasteiger partial charge is 0.264 e. The Morgan fingerprint density at radius 1 is 0.923 bits per heavy atom. The van der Waals surface area contributed by atoms with Crippen molar-refractivity contribution in [1.82, 2.24) is 10.2 Å². The molecule has 2 atom stereocenters. The van der Waals surface area contributed by atoms with Gasteiger partial charge in [-0.25, -0.2) is 8.42 Å². The Hall–Kier alpha value is -3.36. The zero-order valence-electron chi connectivity index (χ0n) is 23.0. The molecule has 208 valence electrons. The molecular weight excluding hydrogens is 534 g/mol. The van der Waals surface area contributed by atoms with E-state index in [9.17, 15) is 18.0 Å². The molecule has 0 saturated heterocycles. The van der Waals surface area contributed by atoms with Gasteiger partial charge < -0.3 is 10.2 Å². The van der Waals surface area contributed by atoms with Crippen LogP contribution in [0.2, 0.25) is 5.02 Å². The van der Waals surface area contributed by atoms with Gasteiger partial charge in [0.05, 0.1) is 10.6 Å². The maximum absolute atomic E-state index is 14.0. The van der Waals surface area contributed by atoms with Crippen LogP contribution in [-0.4, -0.2) is 43.8 Å². The molecule has 0 spiro atoms. The topological polar surface area (TPSA) is 86.8 Å². The van der Waals surface area contributed by atoms with E-state index < -0.39 is 28.5 Å². The molecule has 3 rings (SSSR count). The lowest BCUT2D eigenvalue weighted by Crippen LogP contribution is -2.52. The van der Waals surface area contributed by atoms with E-state index in [2.05, 4.69) is 5.32 Å². The second-order valence-corrected chi connectivity index (χ2v) is 11.9. The Labute approximate surface area is 236 Å². The summed E-state index contributed by atoms with van der Waals surface area (Å²) in [6.45, 7) is 8.75. The minimum Gasteiger partial charge on any atom is -0.352 e. The molecule has 3 aromatic rings. The molecule has 0 bridgehead atoms. The van der Waals surface area contributed by atoms with Gasteiger partial charge >= 0.3 is 0 Å². The average molecular weight is 570 g/mol. The standard InChI is InChI=1S/C30H36ClN3O4S/c1-6-22(3)32-30(36)24(5)33(19-25-14-10-11-17-27(25)31)29(35)20-34(28-18-12-13-21(2)23(28)4)39(37,38)26-15-8-7-9-16-26/h7-18,22,24H,6,19-20H2,1-5H3,(H,32,36)/t22-,24+/m0/s1. The molecule has 0 radical (unpaired) electrons. The van der Waals surface area contributed by atoms with Crippen LogP contribution in [0.25, 0.3) is 0 Å².